The molecule has 0 aliphatic heterocycles. The van der Waals surface area contributed by atoms with E-state index in [1.807, 2.05) is 51.1 Å². The van der Waals surface area contributed by atoms with Crippen LogP contribution in [-0.4, -0.2) is 15.2 Å². The molecule has 0 saturated heterocycles. The van der Waals surface area contributed by atoms with Gasteiger partial charge in [0, 0.05) is 5.39 Å². The molecule has 0 aliphatic rings. The molecule has 0 fully saturated rings. The van der Waals surface area contributed by atoms with Crippen LogP contribution >= 0.6 is 0 Å². The molecule has 0 aliphatic carbocycles. The van der Waals surface area contributed by atoms with Gasteiger partial charge in [-0.15, -0.1) is 0 Å². The van der Waals surface area contributed by atoms with Crippen molar-refractivity contribution >= 4 is 28.2 Å². The predicted octanol–water partition coefficient (Wildman–Crippen LogP) is 3.31. The lowest BCUT2D eigenvalue weighted by Crippen LogP contribution is -2.19. The largest absolute Gasteiger partial charge is 0.455 e. The van der Waals surface area contributed by atoms with Crippen molar-refractivity contribution < 1.29 is 8.63 Å². The van der Waals surface area contributed by atoms with Crippen LogP contribution < -0.4 is 0 Å². The lowest BCUT2D eigenvalue weighted by Gasteiger charge is -2.12. The number of hydrogen-bond donors (Lipinski definition) is 0. The third-order valence-corrected chi connectivity index (χ3v) is 3.59. The third-order valence-electron chi connectivity index (χ3n) is 2.24. The Bertz CT molecular complexity index is 545. The zero-order valence-electron chi connectivity index (χ0n) is 10.1. The standard InChI is InChI=1S/C13H15NO2S/c1-13(2,3)17(15)14-9-11-8-10-6-4-5-7-12(10)16-11/h4-9H,1-3H3/b14-9+/t17-/m1/s1. The predicted molar refractivity (Wildman–Crippen MR) is 71.7 cm³/mol. The van der Waals surface area contributed by atoms with Gasteiger partial charge in [0.05, 0.1) is 11.0 Å². The second-order valence-electron chi connectivity index (χ2n) is 4.78. The summed E-state index contributed by atoms with van der Waals surface area (Å²) in [5.41, 5.74) is 0.815. The summed E-state index contributed by atoms with van der Waals surface area (Å²) in [5.74, 6) is 0.629. The molecule has 0 unspecified atom stereocenters. The first-order valence-corrected chi connectivity index (χ1v) is 6.52. The van der Waals surface area contributed by atoms with Crippen LogP contribution in [0.3, 0.4) is 0 Å². The van der Waals surface area contributed by atoms with Gasteiger partial charge in [-0.25, -0.2) is 4.21 Å². The molecule has 4 heteroatoms. The summed E-state index contributed by atoms with van der Waals surface area (Å²) >= 11 is 0. The first kappa shape index (κ1) is 12.0. The topological polar surface area (TPSA) is 42.6 Å². The first-order valence-electron chi connectivity index (χ1n) is 5.41. The maximum Gasteiger partial charge on any atom is 0.147 e. The van der Waals surface area contributed by atoms with Gasteiger partial charge in [-0.1, -0.05) is 18.2 Å². The van der Waals surface area contributed by atoms with Crippen LogP contribution in [0, 0.1) is 0 Å². The summed E-state index contributed by atoms with van der Waals surface area (Å²) in [4.78, 5) is 0. The summed E-state index contributed by atoms with van der Waals surface area (Å²) in [7, 11) is -1.25. The minimum absolute atomic E-state index is 0.345. The average molecular weight is 249 g/mol. The highest BCUT2D eigenvalue weighted by molar-refractivity contribution is 7.85. The zero-order chi connectivity index (χ0) is 12.5. The molecule has 1 atom stereocenters. The molecule has 1 aromatic heterocycles. The number of para-hydroxylation sites is 1. The maximum atomic E-state index is 11.7. The van der Waals surface area contributed by atoms with E-state index >= 15 is 0 Å². The Morgan fingerprint density at radius 3 is 2.65 bits per heavy atom. The molecule has 0 bridgehead atoms. The quantitative estimate of drug-likeness (QED) is 0.766. The zero-order valence-corrected chi connectivity index (χ0v) is 11.0. The van der Waals surface area contributed by atoms with E-state index in [0.717, 1.165) is 11.0 Å². The molecular weight excluding hydrogens is 234 g/mol. The van der Waals surface area contributed by atoms with Crippen molar-refractivity contribution in [2.75, 3.05) is 0 Å². The van der Waals surface area contributed by atoms with E-state index in [4.69, 9.17) is 4.42 Å². The van der Waals surface area contributed by atoms with Crippen molar-refractivity contribution in [3.63, 3.8) is 0 Å². The summed E-state index contributed by atoms with van der Waals surface area (Å²) in [6, 6.07) is 9.62. The molecular formula is C13H15NO2S. The van der Waals surface area contributed by atoms with E-state index in [0.29, 0.717) is 5.76 Å². The van der Waals surface area contributed by atoms with Crippen molar-refractivity contribution in [2.45, 2.75) is 25.5 Å². The van der Waals surface area contributed by atoms with Gasteiger partial charge in [-0.2, -0.15) is 4.40 Å². The molecule has 1 heterocycles. The molecule has 0 saturated carbocycles. The first-order chi connectivity index (χ1) is 7.97. The summed E-state index contributed by atoms with van der Waals surface area (Å²) in [6.45, 7) is 5.66. The molecule has 90 valence electrons. The average Bonchev–Trinajstić information content (AvgIpc) is 2.66. The third kappa shape index (κ3) is 2.82. The van der Waals surface area contributed by atoms with E-state index in [-0.39, 0.29) is 4.75 Å². The second-order valence-corrected chi connectivity index (χ2v) is 6.72. The fourth-order valence-corrected chi connectivity index (χ4v) is 1.84. The molecule has 0 N–H and O–H groups in total. The summed E-state index contributed by atoms with van der Waals surface area (Å²) in [6.07, 6.45) is 1.53. The summed E-state index contributed by atoms with van der Waals surface area (Å²) < 4.78 is 20.9. The Balaban J connectivity index is 2.24. The lowest BCUT2D eigenvalue weighted by molar-refractivity contribution is 0.607. The van der Waals surface area contributed by atoms with E-state index < -0.39 is 11.0 Å². The molecule has 0 radical (unpaired) electrons. The van der Waals surface area contributed by atoms with Crippen LogP contribution in [0.4, 0.5) is 0 Å². The minimum Gasteiger partial charge on any atom is -0.455 e. The van der Waals surface area contributed by atoms with Crippen molar-refractivity contribution in [3.05, 3.63) is 36.1 Å². The Hall–Kier alpha value is -1.42. The van der Waals surface area contributed by atoms with Gasteiger partial charge >= 0.3 is 0 Å². The maximum absolute atomic E-state index is 11.7. The minimum atomic E-state index is -1.25. The molecule has 2 aromatic rings. The van der Waals surface area contributed by atoms with Crippen LogP contribution in [0.5, 0.6) is 0 Å². The fraction of sp³-hybridized carbons (Fsp3) is 0.308. The monoisotopic (exact) mass is 249 g/mol. The Morgan fingerprint density at radius 2 is 2.00 bits per heavy atom. The Labute approximate surface area is 103 Å². The highest BCUT2D eigenvalue weighted by Crippen LogP contribution is 2.18. The van der Waals surface area contributed by atoms with Gasteiger partial charge in [0.25, 0.3) is 0 Å². The van der Waals surface area contributed by atoms with Gasteiger partial charge in [0.15, 0.2) is 0 Å². The number of fused-ring (bicyclic) bond motifs is 1. The van der Waals surface area contributed by atoms with Crippen molar-refractivity contribution in [1.29, 1.82) is 0 Å². The number of furan rings is 1. The molecule has 0 amide bonds. The van der Waals surface area contributed by atoms with Gasteiger partial charge in [-0.3, -0.25) is 0 Å². The SMILES string of the molecule is CC(C)(C)[S@@](=O)/N=C/c1cc2ccccc2o1. The van der Waals surface area contributed by atoms with Gasteiger partial charge in [0.2, 0.25) is 0 Å². The van der Waals surface area contributed by atoms with E-state index in [2.05, 4.69) is 4.40 Å². The number of nitrogens with zero attached hydrogens (tertiary/aromatic N) is 1. The van der Waals surface area contributed by atoms with Gasteiger partial charge in [-0.05, 0) is 32.9 Å². The molecule has 0 spiro atoms. The van der Waals surface area contributed by atoms with Gasteiger partial charge < -0.3 is 4.42 Å². The summed E-state index contributed by atoms with van der Waals surface area (Å²) in [5, 5.41) is 1.02. The molecule has 2 rings (SSSR count). The fourth-order valence-electron chi connectivity index (χ4n) is 1.32. The van der Waals surface area contributed by atoms with Crippen molar-refractivity contribution in [1.82, 2.24) is 0 Å². The van der Waals surface area contributed by atoms with Crippen molar-refractivity contribution in [3.8, 4) is 0 Å². The van der Waals surface area contributed by atoms with Gasteiger partial charge in [0.1, 0.15) is 22.3 Å². The number of hydrogen-bond acceptors (Lipinski definition) is 2. The lowest BCUT2D eigenvalue weighted by atomic mass is 10.2. The van der Waals surface area contributed by atoms with Crippen LogP contribution in [-0.2, 0) is 11.0 Å². The highest BCUT2D eigenvalue weighted by atomic mass is 32.2. The van der Waals surface area contributed by atoms with Crippen LogP contribution in [0.25, 0.3) is 11.0 Å². The molecule has 3 nitrogen and oxygen atoms in total. The second kappa shape index (κ2) is 4.45. The van der Waals surface area contributed by atoms with E-state index in [9.17, 15) is 4.21 Å². The number of benzene rings is 1. The van der Waals surface area contributed by atoms with E-state index in [1.165, 1.54) is 6.21 Å². The normalized spacial score (nSPS) is 14.5. The Kier molecular flexibility index (Phi) is 3.15. The van der Waals surface area contributed by atoms with Crippen LogP contribution in [0.2, 0.25) is 0 Å². The van der Waals surface area contributed by atoms with Crippen molar-refractivity contribution in [2.24, 2.45) is 4.40 Å². The van der Waals surface area contributed by atoms with Crippen LogP contribution in [0.15, 0.2) is 39.1 Å². The molecule has 17 heavy (non-hydrogen) atoms. The van der Waals surface area contributed by atoms with Crippen LogP contribution in [0.1, 0.15) is 26.5 Å². The number of rotatable bonds is 2. The van der Waals surface area contributed by atoms with E-state index in [1.54, 1.807) is 0 Å². The smallest absolute Gasteiger partial charge is 0.147 e. The highest BCUT2D eigenvalue weighted by Gasteiger charge is 2.18. The Morgan fingerprint density at radius 1 is 1.29 bits per heavy atom. The molecule has 1 aromatic carbocycles.